The first-order valence-corrected chi connectivity index (χ1v) is 8.65. The van der Waals surface area contributed by atoms with Crippen LogP contribution in [0.15, 0.2) is 24.3 Å². The van der Waals surface area contributed by atoms with E-state index in [9.17, 15) is 9.59 Å². The highest BCUT2D eigenvalue weighted by Gasteiger charge is 2.51. The molecular formula is C19H23NO3. The Balaban J connectivity index is 1.52. The lowest BCUT2D eigenvalue weighted by Gasteiger charge is -2.57. The van der Waals surface area contributed by atoms with Crippen LogP contribution in [0, 0.1) is 17.8 Å². The molecule has 2 N–H and O–H groups in total. The summed E-state index contributed by atoms with van der Waals surface area (Å²) in [6.07, 6.45) is 8.20. The van der Waals surface area contributed by atoms with E-state index in [2.05, 4.69) is 17.4 Å². The minimum absolute atomic E-state index is 0.315. The summed E-state index contributed by atoms with van der Waals surface area (Å²) in [5.74, 6) is 1.37. The Kier molecular flexibility index (Phi) is 3.43. The van der Waals surface area contributed by atoms with Crippen LogP contribution in [-0.2, 0) is 10.2 Å². The van der Waals surface area contributed by atoms with Crippen LogP contribution in [0.3, 0.4) is 0 Å². The molecule has 122 valence electrons. The normalized spacial score (nSPS) is 34.3. The van der Waals surface area contributed by atoms with E-state index in [1.54, 1.807) is 0 Å². The molecule has 1 amide bonds. The molecule has 5 rings (SSSR count). The van der Waals surface area contributed by atoms with Crippen LogP contribution in [0.1, 0.15) is 54.4 Å². The van der Waals surface area contributed by atoms with Crippen LogP contribution >= 0.6 is 0 Å². The summed E-state index contributed by atoms with van der Waals surface area (Å²) >= 11 is 0. The fourth-order valence-corrected chi connectivity index (χ4v) is 5.70. The van der Waals surface area contributed by atoms with Gasteiger partial charge in [0.2, 0.25) is 0 Å². The van der Waals surface area contributed by atoms with E-state index >= 15 is 0 Å². The van der Waals surface area contributed by atoms with Gasteiger partial charge in [0, 0.05) is 5.56 Å². The lowest BCUT2D eigenvalue weighted by molar-refractivity contribution is -0.135. The van der Waals surface area contributed by atoms with E-state index < -0.39 is 5.97 Å². The molecule has 4 nitrogen and oxygen atoms in total. The minimum atomic E-state index is -1.02. The van der Waals surface area contributed by atoms with E-state index in [1.807, 2.05) is 12.1 Å². The third-order valence-electron chi connectivity index (χ3n) is 6.20. The fraction of sp³-hybridized carbons (Fsp3) is 0.579. The predicted octanol–water partition coefficient (Wildman–Crippen LogP) is 2.97. The van der Waals surface area contributed by atoms with Gasteiger partial charge in [-0.15, -0.1) is 0 Å². The van der Waals surface area contributed by atoms with Gasteiger partial charge in [0.15, 0.2) is 0 Å². The zero-order chi connectivity index (χ0) is 16.0. The van der Waals surface area contributed by atoms with Crippen LogP contribution in [-0.4, -0.2) is 23.5 Å². The average molecular weight is 313 g/mol. The van der Waals surface area contributed by atoms with E-state index in [0.29, 0.717) is 11.0 Å². The second-order valence-electron chi connectivity index (χ2n) is 7.85. The molecule has 1 aromatic carbocycles. The quantitative estimate of drug-likeness (QED) is 0.898. The van der Waals surface area contributed by atoms with Crippen LogP contribution in [0.5, 0.6) is 0 Å². The predicted molar refractivity (Wildman–Crippen MR) is 86.3 cm³/mol. The first kappa shape index (κ1) is 14.7. The maximum atomic E-state index is 11.9. The summed E-state index contributed by atoms with van der Waals surface area (Å²) in [5, 5.41) is 11.0. The first-order valence-electron chi connectivity index (χ1n) is 8.65. The van der Waals surface area contributed by atoms with Crippen molar-refractivity contribution in [2.24, 2.45) is 17.8 Å². The summed E-state index contributed by atoms with van der Waals surface area (Å²) in [4.78, 5) is 22.5. The Bertz CT molecular complexity index is 599. The average Bonchev–Trinajstić information content (AvgIpc) is 2.51. The number of nitrogens with one attached hydrogen (secondary N) is 1. The molecule has 0 saturated heterocycles. The second kappa shape index (κ2) is 5.36. The smallest absolute Gasteiger partial charge is 0.322 e. The van der Waals surface area contributed by atoms with Crippen LogP contribution < -0.4 is 5.32 Å². The maximum absolute atomic E-state index is 11.9. The van der Waals surface area contributed by atoms with Crippen molar-refractivity contribution in [1.29, 1.82) is 0 Å². The summed E-state index contributed by atoms with van der Waals surface area (Å²) in [7, 11) is 0. The summed E-state index contributed by atoms with van der Waals surface area (Å²) in [5.41, 5.74) is 2.26. The van der Waals surface area contributed by atoms with Gasteiger partial charge in [-0.2, -0.15) is 0 Å². The summed E-state index contributed by atoms with van der Waals surface area (Å²) in [6.45, 7) is -0.338. The zero-order valence-corrected chi connectivity index (χ0v) is 13.3. The fourth-order valence-electron chi connectivity index (χ4n) is 5.70. The van der Waals surface area contributed by atoms with E-state index in [-0.39, 0.29) is 12.5 Å². The van der Waals surface area contributed by atoms with Crippen molar-refractivity contribution < 1.29 is 14.7 Å². The largest absolute Gasteiger partial charge is 0.480 e. The van der Waals surface area contributed by atoms with Crippen LogP contribution in [0.4, 0.5) is 0 Å². The molecule has 0 atom stereocenters. The number of aliphatic carboxylic acids is 1. The van der Waals surface area contributed by atoms with Crippen molar-refractivity contribution in [2.45, 2.75) is 43.9 Å². The molecule has 0 aliphatic heterocycles. The minimum Gasteiger partial charge on any atom is -0.480 e. The van der Waals surface area contributed by atoms with Crippen molar-refractivity contribution in [2.75, 3.05) is 6.54 Å². The molecule has 1 aromatic rings. The van der Waals surface area contributed by atoms with Crippen molar-refractivity contribution in [3.63, 3.8) is 0 Å². The highest BCUT2D eigenvalue weighted by Crippen LogP contribution is 2.60. The van der Waals surface area contributed by atoms with E-state index in [1.165, 1.54) is 44.1 Å². The number of hydrogen-bond donors (Lipinski definition) is 2. The second-order valence-corrected chi connectivity index (χ2v) is 7.85. The molecular weight excluding hydrogens is 290 g/mol. The number of carbonyl (C=O) groups is 2. The third kappa shape index (κ3) is 2.64. The monoisotopic (exact) mass is 313 g/mol. The van der Waals surface area contributed by atoms with Gasteiger partial charge in [-0.1, -0.05) is 12.1 Å². The number of carboxylic acid groups (broad SMARTS) is 1. The lowest BCUT2D eigenvalue weighted by atomic mass is 9.48. The van der Waals surface area contributed by atoms with Crippen molar-refractivity contribution >= 4 is 11.9 Å². The molecule has 0 unspecified atom stereocenters. The van der Waals surface area contributed by atoms with E-state index in [4.69, 9.17) is 5.11 Å². The molecule has 4 aliphatic carbocycles. The lowest BCUT2D eigenvalue weighted by Crippen LogP contribution is -2.48. The molecule has 4 fully saturated rings. The molecule has 4 aliphatic rings. The third-order valence-corrected chi connectivity index (χ3v) is 6.20. The molecule has 23 heavy (non-hydrogen) atoms. The van der Waals surface area contributed by atoms with Gasteiger partial charge in [-0.25, -0.2) is 0 Å². The molecule has 4 heteroatoms. The highest BCUT2D eigenvalue weighted by atomic mass is 16.4. The summed E-state index contributed by atoms with van der Waals surface area (Å²) in [6, 6.07) is 7.90. The Morgan fingerprint density at radius 1 is 1.00 bits per heavy atom. The molecule has 4 saturated carbocycles. The van der Waals surface area contributed by atoms with Gasteiger partial charge in [0.25, 0.3) is 5.91 Å². The standard InChI is InChI=1S/C19H23NO3/c21-17(22)11-20-18(23)15-1-3-16(4-2-15)19-8-12-5-13(9-19)7-14(6-12)10-19/h1-4,12-14H,5-11H2,(H,20,23)(H,21,22). The Morgan fingerprint density at radius 3 is 2.00 bits per heavy atom. The number of benzene rings is 1. The van der Waals surface area contributed by atoms with Crippen molar-refractivity contribution in [3.05, 3.63) is 35.4 Å². The maximum Gasteiger partial charge on any atom is 0.322 e. The topological polar surface area (TPSA) is 66.4 Å². The summed E-state index contributed by atoms with van der Waals surface area (Å²) < 4.78 is 0. The van der Waals surface area contributed by atoms with Crippen molar-refractivity contribution in [3.8, 4) is 0 Å². The van der Waals surface area contributed by atoms with Gasteiger partial charge in [-0.3, -0.25) is 9.59 Å². The van der Waals surface area contributed by atoms with Gasteiger partial charge in [0.05, 0.1) is 0 Å². The number of carboxylic acids is 1. The number of carbonyl (C=O) groups excluding carboxylic acids is 1. The van der Waals surface area contributed by atoms with Crippen LogP contribution in [0.2, 0.25) is 0 Å². The van der Waals surface area contributed by atoms with Gasteiger partial charge >= 0.3 is 5.97 Å². The Hall–Kier alpha value is -1.84. The number of rotatable bonds is 4. The Morgan fingerprint density at radius 2 is 1.52 bits per heavy atom. The molecule has 0 aromatic heterocycles. The molecule has 4 bridgehead atoms. The molecule has 0 radical (unpaired) electrons. The zero-order valence-electron chi connectivity index (χ0n) is 13.3. The number of amides is 1. The Labute approximate surface area is 136 Å². The van der Waals surface area contributed by atoms with Gasteiger partial charge < -0.3 is 10.4 Å². The molecule has 0 spiro atoms. The molecule has 0 heterocycles. The van der Waals surface area contributed by atoms with Gasteiger partial charge in [-0.05, 0) is 79.4 Å². The first-order chi connectivity index (χ1) is 11.0. The van der Waals surface area contributed by atoms with Gasteiger partial charge in [0.1, 0.15) is 6.54 Å². The highest BCUT2D eigenvalue weighted by molar-refractivity contribution is 5.95. The SMILES string of the molecule is O=C(O)CNC(=O)c1ccc(C23CC4CC(CC(C4)C2)C3)cc1. The van der Waals surface area contributed by atoms with Crippen LogP contribution in [0.25, 0.3) is 0 Å². The number of hydrogen-bond acceptors (Lipinski definition) is 2. The van der Waals surface area contributed by atoms with Crippen molar-refractivity contribution in [1.82, 2.24) is 5.32 Å². The van der Waals surface area contributed by atoms with E-state index in [0.717, 1.165) is 17.8 Å².